The second-order valence-electron chi connectivity index (χ2n) is 3.16. The Bertz CT molecular complexity index is 136. The zero-order chi connectivity index (χ0) is 9.02. The second-order valence-corrected chi connectivity index (χ2v) is 3.52. The highest BCUT2D eigenvalue weighted by molar-refractivity contribution is 7.16. The Labute approximate surface area is 71.5 Å². The van der Waals surface area contributed by atoms with Crippen LogP contribution < -0.4 is 0 Å². The van der Waals surface area contributed by atoms with Crippen molar-refractivity contribution in [3.8, 4) is 0 Å². The van der Waals surface area contributed by atoms with Gasteiger partial charge in [0.1, 0.15) is 0 Å². The Morgan fingerprint density at radius 2 is 1.91 bits per heavy atom. The van der Waals surface area contributed by atoms with E-state index in [1.807, 2.05) is 4.90 Å². The predicted molar refractivity (Wildman–Crippen MR) is 51.4 cm³/mol. The van der Waals surface area contributed by atoms with Crippen LogP contribution in [0.3, 0.4) is 0 Å². The van der Waals surface area contributed by atoms with Crippen molar-refractivity contribution in [3.63, 3.8) is 0 Å². The summed E-state index contributed by atoms with van der Waals surface area (Å²) in [5.74, 6) is 0.681. The van der Waals surface area contributed by atoms with E-state index in [1.165, 1.54) is 0 Å². The molecule has 0 rings (SSSR count). The van der Waals surface area contributed by atoms with Crippen LogP contribution in [0.15, 0.2) is 0 Å². The number of hydrogen-bond acceptors (Lipinski definition) is 1. The third-order valence-electron chi connectivity index (χ3n) is 2.06. The SMILES string of the molecule is CC(=O)N(CP)C(C)C(C)C. The summed E-state index contributed by atoms with van der Waals surface area (Å²) < 4.78 is 0. The lowest BCUT2D eigenvalue weighted by Crippen LogP contribution is -2.39. The highest BCUT2D eigenvalue weighted by Crippen LogP contribution is 2.11. The number of nitrogens with zero attached hydrogens (tertiary/aromatic N) is 1. The molecule has 0 aliphatic carbocycles. The van der Waals surface area contributed by atoms with Crippen molar-refractivity contribution in [2.24, 2.45) is 5.92 Å². The van der Waals surface area contributed by atoms with Gasteiger partial charge in [-0.15, -0.1) is 9.24 Å². The molecule has 0 saturated carbocycles. The first-order valence-electron chi connectivity index (χ1n) is 3.98. The van der Waals surface area contributed by atoms with Crippen molar-refractivity contribution in [2.45, 2.75) is 33.7 Å². The minimum atomic E-state index is 0.154. The zero-order valence-corrected chi connectivity index (χ0v) is 8.95. The summed E-state index contributed by atoms with van der Waals surface area (Å²) in [6.07, 6.45) is 0.731. The lowest BCUT2D eigenvalue weighted by molar-refractivity contribution is -0.130. The van der Waals surface area contributed by atoms with Crippen molar-refractivity contribution in [1.29, 1.82) is 0 Å². The highest BCUT2D eigenvalue weighted by atomic mass is 31.0. The van der Waals surface area contributed by atoms with Gasteiger partial charge >= 0.3 is 0 Å². The maximum Gasteiger partial charge on any atom is 0.219 e. The van der Waals surface area contributed by atoms with Crippen LogP contribution in [0.4, 0.5) is 0 Å². The molecule has 2 unspecified atom stereocenters. The molecule has 66 valence electrons. The van der Waals surface area contributed by atoms with E-state index >= 15 is 0 Å². The van der Waals surface area contributed by atoms with E-state index in [4.69, 9.17) is 0 Å². The largest absolute Gasteiger partial charge is 0.336 e. The fourth-order valence-electron chi connectivity index (χ4n) is 0.941. The molecule has 0 fully saturated rings. The molecule has 2 nitrogen and oxygen atoms in total. The van der Waals surface area contributed by atoms with Crippen molar-refractivity contribution in [1.82, 2.24) is 4.90 Å². The van der Waals surface area contributed by atoms with Gasteiger partial charge in [-0.2, -0.15) is 0 Å². The highest BCUT2D eigenvalue weighted by Gasteiger charge is 2.17. The molecular weight excluding hydrogens is 157 g/mol. The molecule has 11 heavy (non-hydrogen) atoms. The smallest absolute Gasteiger partial charge is 0.219 e. The average molecular weight is 175 g/mol. The molecule has 0 N–H and O–H groups in total. The monoisotopic (exact) mass is 175 g/mol. The van der Waals surface area contributed by atoms with Crippen LogP contribution >= 0.6 is 9.24 Å². The molecule has 0 aromatic heterocycles. The molecule has 2 atom stereocenters. The first-order valence-corrected chi connectivity index (χ1v) is 4.79. The standard InChI is InChI=1S/C8H18NOP/c1-6(2)7(3)9(5-11)8(4)10/h6-7H,5,11H2,1-4H3. The molecule has 0 bridgehead atoms. The third kappa shape index (κ3) is 3.20. The first-order chi connectivity index (χ1) is 5.00. The van der Waals surface area contributed by atoms with Gasteiger partial charge in [-0.25, -0.2) is 0 Å². The maximum absolute atomic E-state index is 11.0. The van der Waals surface area contributed by atoms with Crippen LogP contribution in [0.2, 0.25) is 0 Å². The van der Waals surface area contributed by atoms with E-state index < -0.39 is 0 Å². The summed E-state index contributed by atoms with van der Waals surface area (Å²) in [7, 11) is 2.58. The Morgan fingerprint density at radius 1 is 1.45 bits per heavy atom. The van der Waals surface area contributed by atoms with Gasteiger partial charge in [0.2, 0.25) is 5.91 Å². The van der Waals surface area contributed by atoms with Crippen LogP contribution in [0.25, 0.3) is 0 Å². The summed E-state index contributed by atoms with van der Waals surface area (Å²) in [6, 6.07) is 0.338. The average Bonchev–Trinajstić information content (AvgIpc) is 1.88. The van der Waals surface area contributed by atoms with Gasteiger partial charge in [0.25, 0.3) is 0 Å². The molecule has 3 heteroatoms. The Hall–Kier alpha value is -0.100. The fraction of sp³-hybridized carbons (Fsp3) is 0.875. The Kier molecular flexibility index (Phi) is 4.67. The maximum atomic E-state index is 11.0. The zero-order valence-electron chi connectivity index (χ0n) is 7.79. The Morgan fingerprint density at radius 3 is 2.00 bits per heavy atom. The first kappa shape index (κ1) is 10.9. The van der Waals surface area contributed by atoms with Crippen molar-refractivity contribution >= 4 is 15.1 Å². The quantitative estimate of drug-likeness (QED) is 0.598. The topological polar surface area (TPSA) is 20.3 Å². The van der Waals surface area contributed by atoms with Gasteiger partial charge in [0, 0.05) is 19.3 Å². The van der Waals surface area contributed by atoms with Crippen LogP contribution in [-0.4, -0.2) is 23.1 Å². The second kappa shape index (κ2) is 4.71. The van der Waals surface area contributed by atoms with Gasteiger partial charge < -0.3 is 4.90 Å². The van der Waals surface area contributed by atoms with E-state index in [2.05, 4.69) is 30.0 Å². The summed E-state index contributed by atoms with van der Waals surface area (Å²) in [4.78, 5) is 12.9. The lowest BCUT2D eigenvalue weighted by Gasteiger charge is -2.29. The van der Waals surface area contributed by atoms with Crippen LogP contribution in [0.1, 0.15) is 27.7 Å². The summed E-state index contributed by atoms with van der Waals surface area (Å²) in [5, 5.41) is 0. The lowest BCUT2D eigenvalue weighted by atomic mass is 10.1. The van der Waals surface area contributed by atoms with E-state index in [0.29, 0.717) is 12.0 Å². The van der Waals surface area contributed by atoms with E-state index in [9.17, 15) is 4.79 Å². The molecule has 0 heterocycles. The van der Waals surface area contributed by atoms with Crippen molar-refractivity contribution < 1.29 is 4.79 Å². The fourth-order valence-corrected chi connectivity index (χ4v) is 1.53. The third-order valence-corrected chi connectivity index (χ3v) is 2.45. The molecule has 0 aromatic carbocycles. The van der Waals surface area contributed by atoms with Crippen molar-refractivity contribution in [2.75, 3.05) is 6.29 Å². The number of amides is 1. The number of rotatable bonds is 3. The molecule has 0 aromatic rings. The van der Waals surface area contributed by atoms with E-state index in [1.54, 1.807) is 6.92 Å². The predicted octanol–water partition coefficient (Wildman–Crippen LogP) is 1.71. The summed E-state index contributed by atoms with van der Waals surface area (Å²) in [5.41, 5.74) is 0. The molecule has 0 spiro atoms. The van der Waals surface area contributed by atoms with Crippen molar-refractivity contribution in [3.05, 3.63) is 0 Å². The van der Waals surface area contributed by atoms with Gasteiger partial charge in [-0.1, -0.05) is 13.8 Å². The normalized spacial score (nSPS) is 13.3. The molecular formula is C8H18NOP. The van der Waals surface area contributed by atoms with E-state index in [0.717, 1.165) is 6.29 Å². The van der Waals surface area contributed by atoms with Crippen LogP contribution in [0, 0.1) is 5.92 Å². The van der Waals surface area contributed by atoms with Gasteiger partial charge in [0.05, 0.1) is 0 Å². The Balaban J connectivity index is 4.14. The number of carbonyl (C=O) groups excluding carboxylic acids is 1. The molecule has 1 amide bonds. The van der Waals surface area contributed by atoms with Gasteiger partial charge in [-0.05, 0) is 12.8 Å². The van der Waals surface area contributed by atoms with E-state index in [-0.39, 0.29) is 5.91 Å². The van der Waals surface area contributed by atoms with Crippen LogP contribution in [0.5, 0.6) is 0 Å². The minimum Gasteiger partial charge on any atom is -0.336 e. The summed E-state index contributed by atoms with van der Waals surface area (Å²) >= 11 is 0. The molecule has 0 saturated heterocycles. The number of hydrogen-bond donors (Lipinski definition) is 0. The molecule has 0 aliphatic heterocycles. The van der Waals surface area contributed by atoms with Gasteiger partial charge in [-0.3, -0.25) is 4.79 Å². The number of carbonyl (C=O) groups is 1. The molecule has 0 radical (unpaired) electrons. The summed E-state index contributed by atoms with van der Waals surface area (Å²) in [6.45, 7) is 7.95. The van der Waals surface area contributed by atoms with Gasteiger partial charge in [0.15, 0.2) is 0 Å². The molecule has 0 aliphatic rings. The van der Waals surface area contributed by atoms with Crippen LogP contribution in [-0.2, 0) is 4.79 Å². The minimum absolute atomic E-state index is 0.154.